The van der Waals surface area contributed by atoms with Crippen LogP contribution in [0, 0.1) is 0 Å². The molecule has 0 saturated carbocycles. The van der Waals surface area contributed by atoms with E-state index in [-0.39, 0.29) is 0 Å². The van der Waals surface area contributed by atoms with Crippen LogP contribution in [-0.2, 0) is 0 Å². The van der Waals surface area contributed by atoms with Crippen molar-refractivity contribution < 1.29 is 0 Å². The lowest BCUT2D eigenvalue weighted by molar-refractivity contribution is 0.294. The minimum absolute atomic E-state index is 0.597. The molecule has 1 saturated heterocycles. The van der Waals surface area contributed by atoms with Gasteiger partial charge in [0, 0.05) is 25.7 Å². The first-order valence-corrected chi connectivity index (χ1v) is 4.87. The van der Waals surface area contributed by atoms with Crippen LogP contribution in [0.2, 0.25) is 0 Å². The minimum Gasteiger partial charge on any atom is -0.357 e. The zero-order valence-electron chi connectivity index (χ0n) is 8.51. The summed E-state index contributed by atoms with van der Waals surface area (Å²) >= 11 is 0. The van der Waals surface area contributed by atoms with E-state index in [1.807, 2.05) is 0 Å². The molecule has 0 aromatic carbocycles. The first-order chi connectivity index (χ1) is 5.66. The van der Waals surface area contributed by atoms with Gasteiger partial charge < -0.3 is 9.80 Å². The Balaban J connectivity index is 2.49. The molecule has 0 radical (unpaired) electrons. The molecule has 0 bridgehead atoms. The molecular formula is C10H20N2. The van der Waals surface area contributed by atoms with Crippen LogP contribution in [0.3, 0.4) is 0 Å². The quantitative estimate of drug-likeness (QED) is 0.635. The summed E-state index contributed by atoms with van der Waals surface area (Å²) in [5, 5.41) is 0. The molecule has 1 aliphatic rings. The maximum atomic E-state index is 4.11. The average molecular weight is 168 g/mol. The van der Waals surface area contributed by atoms with Crippen molar-refractivity contribution in [2.75, 3.05) is 19.6 Å². The molecule has 0 spiro atoms. The van der Waals surface area contributed by atoms with Gasteiger partial charge in [-0.1, -0.05) is 13.5 Å². The highest BCUT2D eigenvalue weighted by atomic mass is 15.4. The van der Waals surface area contributed by atoms with E-state index in [1.165, 1.54) is 12.2 Å². The van der Waals surface area contributed by atoms with Gasteiger partial charge in [0.15, 0.2) is 0 Å². The standard InChI is InChI=1S/C10H20N2/c1-5-6-11-7-8-12(9(2)3)10(11)4/h9H,4-8H2,1-3H3. The molecule has 0 aromatic rings. The molecule has 1 rings (SSSR count). The molecule has 0 amide bonds. The number of hydrogen-bond donors (Lipinski definition) is 0. The normalized spacial score (nSPS) is 18.2. The Morgan fingerprint density at radius 1 is 1.42 bits per heavy atom. The van der Waals surface area contributed by atoms with Crippen LogP contribution in [0.15, 0.2) is 12.4 Å². The Bertz CT molecular complexity index is 163. The smallest absolute Gasteiger partial charge is 0.0968 e. The summed E-state index contributed by atoms with van der Waals surface area (Å²) in [5.74, 6) is 1.21. The monoisotopic (exact) mass is 168 g/mol. The zero-order valence-corrected chi connectivity index (χ0v) is 8.51. The van der Waals surface area contributed by atoms with Crippen molar-refractivity contribution in [3.05, 3.63) is 12.4 Å². The summed E-state index contributed by atoms with van der Waals surface area (Å²) in [6.07, 6.45) is 1.21. The SMILES string of the molecule is C=C1N(CCC)CCN1C(C)C. The second-order valence-corrected chi connectivity index (χ2v) is 3.69. The molecule has 2 heteroatoms. The van der Waals surface area contributed by atoms with Crippen molar-refractivity contribution in [3.63, 3.8) is 0 Å². The molecule has 0 unspecified atom stereocenters. The van der Waals surface area contributed by atoms with Gasteiger partial charge in [-0.2, -0.15) is 0 Å². The molecular weight excluding hydrogens is 148 g/mol. The third-order valence-corrected chi connectivity index (χ3v) is 2.42. The molecule has 0 atom stereocenters. The van der Waals surface area contributed by atoms with E-state index in [0.29, 0.717) is 6.04 Å². The molecule has 1 fully saturated rings. The highest BCUT2D eigenvalue weighted by Gasteiger charge is 2.23. The van der Waals surface area contributed by atoms with Crippen molar-refractivity contribution in [2.24, 2.45) is 0 Å². The van der Waals surface area contributed by atoms with E-state index in [4.69, 9.17) is 0 Å². The molecule has 70 valence electrons. The predicted octanol–water partition coefficient (Wildman–Crippen LogP) is 1.89. The van der Waals surface area contributed by atoms with Gasteiger partial charge in [0.05, 0.1) is 5.82 Å². The Hall–Kier alpha value is -0.660. The second-order valence-electron chi connectivity index (χ2n) is 3.69. The lowest BCUT2D eigenvalue weighted by Crippen LogP contribution is -2.28. The highest BCUT2D eigenvalue weighted by molar-refractivity contribution is 5.01. The molecule has 2 nitrogen and oxygen atoms in total. The third kappa shape index (κ3) is 1.74. The summed E-state index contributed by atoms with van der Waals surface area (Å²) in [6.45, 7) is 14.2. The predicted molar refractivity (Wildman–Crippen MR) is 52.8 cm³/mol. The van der Waals surface area contributed by atoms with Gasteiger partial charge in [0.2, 0.25) is 0 Å². The Morgan fingerprint density at radius 2 is 2.08 bits per heavy atom. The Labute approximate surface area is 75.8 Å². The van der Waals surface area contributed by atoms with Crippen molar-refractivity contribution in [3.8, 4) is 0 Å². The summed E-state index contributed by atoms with van der Waals surface area (Å²) < 4.78 is 0. The highest BCUT2D eigenvalue weighted by Crippen LogP contribution is 2.19. The van der Waals surface area contributed by atoms with Crippen molar-refractivity contribution in [2.45, 2.75) is 33.2 Å². The molecule has 0 aromatic heterocycles. The molecule has 1 aliphatic heterocycles. The number of rotatable bonds is 3. The molecule has 0 aliphatic carbocycles. The minimum atomic E-state index is 0.597. The van der Waals surface area contributed by atoms with Crippen molar-refractivity contribution >= 4 is 0 Å². The van der Waals surface area contributed by atoms with Crippen LogP contribution in [0.4, 0.5) is 0 Å². The third-order valence-electron chi connectivity index (χ3n) is 2.42. The Kier molecular flexibility index (Phi) is 3.01. The second kappa shape index (κ2) is 3.83. The maximum Gasteiger partial charge on any atom is 0.0968 e. The van der Waals surface area contributed by atoms with E-state index >= 15 is 0 Å². The first-order valence-electron chi connectivity index (χ1n) is 4.87. The summed E-state index contributed by atoms with van der Waals surface area (Å²) in [6, 6.07) is 0.597. The number of hydrogen-bond acceptors (Lipinski definition) is 2. The van der Waals surface area contributed by atoms with Crippen LogP contribution in [0.5, 0.6) is 0 Å². The molecule has 1 heterocycles. The van der Waals surface area contributed by atoms with E-state index in [1.54, 1.807) is 0 Å². The largest absolute Gasteiger partial charge is 0.357 e. The van der Waals surface area contributed by atoms with Crippen molar-refractivity contribution in [1.29, 1.82) is 0 Å². The van der Waals surface area contributed by atoms with Gasteiger partial charge in [-0.15, -0.1) is 0 Å². The van der Waals surface area contributed by atoms with Crippen LogP contribution in [-0.4, -0.2) is 35.5 Å². The first kappa shape index (κ1) is 9.43. The lowest BCUT2D eigenvalue weighted by Gasteiger charge is -2.26. The van der Waals surface area contributed by atoms with E-state index in [2.05, 4.69) is 37.1 Å². The van der Waals surface area contributed by atoms with Crippen LogP contribution >= 0.6 is 0 Å². The van der Waals surface area contributed by atoms with E-state index < -0.39 is 0 Å². The van der Waals surface area contributed by atoms with Gasteiger partial charge in [0.1, 0.15) is 0 Å². The maximum absolute atomic E-state index is 4.11. The zero-order chi connectivity index (χ0) is 9.14. The van der Waals surface area contributed by atoms with E-state index in [9.17, 15) is 0 Å². The summed E-state index contributed by atoms with van der Waals surface area (Å²) in [5.41, 5.74) is 0. The fourth-order valence-electron chi connectivity index (χ4n) is 1.74. The van der Waals surface area contributed by atoms with Crippen LogP contribution in [0.1, 0.15) is 27.2 Å². The van der Waals surface area contributed by atoms with Gasteiger partial charge in [-0.05, 0) is 20.3 Å². The Morgan fingerprint density at radius 3 is 2.50 bits per heavy atom. The van der Waals surface area contributed by atoms with Gasteiger partial charge in [-0.3, -0.25) is 0 Å². The summed E-state index contributed by atoms with van der Waals surface area (Å²) in [7, 11) is 0. The van der Waals surface area contributed by atoms with Crippen LogP contribution in [0.25, 0.3) is 0 Å². The topological polar surface area (TPSA) is 6.48 Å². The van der Waals surface area contributed by atoms with Gasteiger partial charge >= 0.3 is 0 Å². The molecule has 0 N–H and O–H groups in total. The lowest BCUT2D eigenvalue weighted by atomic mass is 10.3. The van der Waals surface area contributed by atoms with Gasteiger partial charge in [0.25, 0.3) is 0 Å². The van der Waals surface area contributed by atoms with Gasteiger partial charge in [-0.25, -0.2) is 0 Å². The van der Waals surface area contributed by atoms with E-state index in [0.717, 1.165) is 19.6 Å². The average Bonchev–Trinajstić information content (AvgIpc) is 2.34. The summed E-state index contributed by atoms with van der Waals surface area (Å²) in [4.78, 5) is 4.75. The number of nitrogens with zero attached hydrogens (tertiary/aromatic N) is 2. The van der Waals surface area contributed by atoms with Crippen molar-refractivity contribution in [1.82, 2.24) is 9.80 Å². The molecule has 12 heavy (non-hydrogen) atoms. The van der Waals surface area contributed by atoms with Crippen LogP contribution < -0.4 is 0 Å². The fourth-order valence-corrected chi connectivity index (χ4v) is 1.74. The fraction of sp³-hybridized carbons (Fsp3) is 0.800.